The van der Waals surface area contributed by atoms with Crippen molar-refractivity contribution in [3.8, 4) is 0 Å². The van der Waals surface area contributed by atoms with Crippen LogP contribution in [-0.2, 0) is 19.8 Å². The van der Waals surface area contributed by atoms with E-state index in [9.17, 15) is 18.0 Å². The molecule has 2 saturated heterocycles. The van der Waals surface area contributed by atoms with Gasteiger partial charge in [0.05, 0.1) is 11.3 Å². The van der Waals surface area contributed by atoms with E-state index in [2.05, 4.69) is 0 Å². The Morgan fingerprint density at radius 3 is 2.19 bits per heavy atom. The monoisotopic (exact) mass is 319 g/mol. The van der Waals surface area contributed by atoms with Gasteiger partial charge >= 0.3 is 5.97 Å². The van der Waals surface area contributed by atoms with Gasteiger partial charge in [0.15, 0.2) is 0 Å². The van der Waals surface area contributed by atoms with Crippen LogP contribution in [0.4, 0.5) is 0 Å². The van der Waals surface area contributed by atoms with E-state index in [1.807, 2.05) is 0 Å². The van der Waals surface area contributed by atoms with E-state index in [4.69, 9.17) is 10.8 Å². The maximum Gasteiger partial charge on any atom is 0.306 e. The third kappa shape index (κ3) is 3.04. The molecule has 2 aliphatic heterocycles. The molecule has 0 bridgehead atoms. The van der Waals surface area contributed by atoms with E-state index >= 15 is 0 Å². The molecule has 0 aliphatic carbocycles. The van der Waals surface area contributed by atoms with Gasteiger partial charge < -0.3 is 10.8 Å². The molecule has 2 heterocycles. The van der Waals surface area contributed by atoms with Crippen molar-refractivity contribution in [1.29, 1.82) is 0 Å². The first-order chi connectivity index (χ1) is 9.67. The molecule has 1 atom stereocenters. The van der Waals surface area contributed by atoms with Crippen molar-refractivity contribution in [3.63, 3.8) is 0 Å². The van der Waals surface area contributed by atoms with Crippen molar-refractivity contribution >= 4 is 22.1 Å². The number of carbonyl (C=O) groups excluding carboxylic acids is 1. The molecular formula is C12H21N3O5S. The second-order valence-corrected chi connectivity index (χ2v) is 7.96. The Morgan fingerprint density at radius 1 is 1.19 bits per heavy atom. The second kappa shape index (κ2) is 5.54. The number of carboxylic acid groups (broad SMARTS) is 1. The molecule has 9 heteroatoms. The standard InChI is InChI=1S/C12H21N3O5S/c1-12(11(13)18)4-7-15(8-12)21(19,20)14-5-2-9(3-6-14)10(16)17/h9H,2-8H2,1H3,(H2,13,18)(H,16,17). The second-order valence-electron chi connectivity index (χ2n) is 6.03. The van der Waals surface area contributed by atoms with Gasteiger partial charge in [0.25, 0.3) is 10.2 Å². The third-order valence-electron chi connectivity index (χ3n) is 4.49. The number of nitrogens with two attached hydrogens (primary N) is 1. The largest absolute Gasteiger partial charge is 0.481 e. The highest BCUT2D eigenvalue weighted by molar-refractivity contribution is 7.86. The van der Waals surface area contributed by atoms with Gasteiger partial charge in [0.1, 0.15) is 0 Å². The van der Waals surface area contributed by atoms with Crippen molar-refractivity contribution in [2.24, 2.45) is 17.1 Å². The fourth-order valence-corrected chi connectivity index (χ4v) is 4.58. The van der Waals surface area contributed by atoms with Gasteiger partial charge in [0, 0.05) is 26.2 Å². The molecule has 0 aromatic carbocycles. The lowest BCUT2D eigenvalue weighted by atomic mass is 9.89. The molecule has 1 amide bonds. The van der Waals surface area contributed by atoms with Gasteiger partial charge in [-0.25, -0.2) is 0 Å². The maximum atomic E-state index is 12.5. The average molecular weight is 319 g/mol. The summed E-state index contributed by atoms with van der Waals surface area (Å²) in [6.45, 7) is 2.41. The van der Waals surface area contributed by atoms with Crippen LogP contribution in [-0.4, -0.2) is 60.2 Å². The smallest absolute Gasteiger partial charge is 0.306 e. The van der Waals surface area contributed by atoms with Crippen molar-refractivity contribution in [2.45, 2.75) is 26.2 Å². The molecule has 0 spiro atoms. The molecule has 0 aromatic heterocycles. The number of amides is 1. The fraction of sp³-hybridized carbons (Fsp3) is 0.833. The Hall–Kier alpha value is -1.19. The van der Waals surface area contributed by atoms with Crippen molar-refractivity contribution < 1.29 is 23.1 Å². The normalized spacial score (nSPS) is 29.6. The first-order valence-corrected chi connectivity index (χ1v) is 8.34. The van der Waals surface area contributed by atoms with Crippen LogP contribution >= 0.6 is 0 Å². The number of carboxylic acids is 1. The SMILES string of the molecule is CC1(C(N)=O)CCN(S(=O)(=O)N2CCC(C(=O)O)CC2)C1. The Labute approximate surface area is 124 Å². The molecule has 2 aliphatic rings. The van der Waals surface area contributed by atoms with Gasteiger partial charge in [-0.15, -0.1) is 0 Å². The van der Waals surface area contributed by atoms with Gasteiger partial charge in [0.2, 0.25) is 5.91 Å². The number of carbonyl (C=O) groups is 2. The lowest BCUT2D eigenvalue weighted by Gasteiger charge is -2.32. The number of rotatable bonds is 4. The summed E-state index contributed by atoms with van der Waals surface area (Å²) in [6, 6.07) is 0. The lowest BCUT2D eigenvalue weighted by Crippen LogP contribution is -2.48. The molecule has 8 nitrogen and oxygen atoms in total. The molecule has 21 heavy (non-hydrogen) atoms. The molecule has 3 N–H and O–H groups in total. The van der Waals surface area contributed by atoms with Crippen LogP contribution in [0, 0.1) is 11.3 Å². The molecule has 2 rings (SSSR count). The molecule has 1 unspecified atom stereocenters. The van der Waals surface area contributed by atoms with E-state index in [1.165, 1.54) is 8.61 Å². The van der Waals surface area contributed by atoms with Crippen molar-refractivity contribution in [2.75, 3.05) is 26.2 Å². The molecule has 0 aromatic rings. The molecular weight excluding hydrogens is 298 g/mol. The van der Waals surface area contributed by atoms with Crippen LogP contribution in [0.1, 0.15) is 26.2 Å². The minimum absolute atomic E-state index is 0.0868. The van der Waals surface area contributed by atoms with Gasteiger partial charge in [-0.1, -0.05) is 0 Å². The molecule has 0 saturated carbocycles. The summed E-state index contributed by atoms with van der Waals surface area (Å²) < 4.78 is 27.6. The van der Waals surface area contributed by atoms with E-state index in [0.29, 0.717) is 19.3 Å². The Bertz CT molecular complexity index is 541. The predicted octanol–water partition coefficient (Wildman–Crippen LogP) is -0.775. The maximum absolute atomic E-state index is 12.5. The lowest BCUT2D eigenvalue weighted by molar-refractivity contribution is -0.143. The zero-order valence-electron chi connectivity index (χ0n) is 12.0. The molecule has 120 valence electrons. The van der Waals surface area contributed by atoms with E-state index in [-0.39, 0.29) is 26.2 Å². The minimum Gasteiger partial charge on any atom is -0.481 e. The summed E-state index contributed by atoms with van der Waals surface area (Å²) in [4.78, 5) is 22.3. The minimum atomic E-state index is -3.65. The molecule has 0 radical (unpaired) electrons. The number of primary amides is 1. The number of hydrogen-bond donors (Lipinski definition) is 2. The Balaban J connectivity index is 2.04. The van der Waals surface area contributed by atoms with Crippen LogP contribution in [0.2, 0.25) is 0 Å². The zero-order valence-corrected chi connectivity index (χ0v) is 12.8. The first-order valence-electron chi connectivity index (χ1n) is 6.95. The van der Waals surface area contributed by atoms with Crippen LogP contribution in [0.25, 0.3) is 0 Å². The van der Waals surface area contributed by atoms with E-state index < -0.39 is 33.4 Å². The van der Waals surface area contributed by atoms with Gasteiger partial charge in [-0.3, -0.25) is 9.59 Å². The summed E-state index contributed by atoms with van der Waals surface area (Å²) in [7, 11) is -3.65. The quantitative estimate of drug-likeness (QED) is 0.704. The highest BCUT2D eigenvalue weighted by Crippen LogP contribution is 2.33. The van der Waals surface area contributed by atoms with Crippen molar-refractivity contribution in [1.82, 2.24) is 8.61 Å². The third-order valence-corrected chi connectivity index (χ3v) is 6.47. The van der Waals surface area contributed by atoms with Crippen molar-refractivity contribution in [3.05, 3.63) is 0 Å². The summed E-state index contributed by atoms with van der Waals surface area (Å²) in [5.74, 6) is -1.86. The highest BCUT2D eigenvalue weighted by atomic mass is 32.2. The van der Waals surface area contributed by atoms with E-state index in [1.54, 1.807) is 6.92 Å². The zero-order chi connectivity index (χ0) is 15.8. The van der Waals surface area contributed by atoms with E-state index in [0.717, 1.165) is 0 Å². The predicted molar refractivity (Wildman–Crippen MR) is 74.3 cm³/mol. The van der Waals surface area contributed by atoms with Crippen LogP contribution in [0.5, 0.6) is 0 Å². The number of piperidine rings is 1. The molecule has 2 fully saturated rings. The Morgan fingerprint density at radius 2 is 1.76 bits per heavy atom. The summed E-state index contributed by atoms with van der Waals surface area (Å²) in [6.07, 6.45) is 1.04. The van der Waals surface area contributed by atoms with Crippen LogP contribution < -0.4 is 5.73 Å². The van der Waals surface area contributed by atoms with Crippen LogP contribution in [0.3, 0.4) is 0 Å². The van der Waals surface area contributed by atoms with Crippen LogP contribution in [0.15, 0.2) is 0 Å². The average Bonchev–Trinajstić information content (AvgIpc) is 2.84. The number of nitrogens with zero attached hydrogens (tertiary/aromatic N) is 2. The Kier molecular flexibility index (Phi) is 4.27. The first kappa shape index (κ1) is 16.2. The topological polar surface area (TPSA) is 121 Å². The fourth-order valence-electron chi connectivity index (χ4n) is 2.81. The van der Waals surface area contributed by atoms with Gasteiger partial charge in [-0.2, -0.15) is 17.0 Å². The summed E-state index contributed by atoms with van der Waals surface area (Å²) >= 11 is 0. The van der Waals surface area contributed by atoms with Gasteiger partial charge in [-0.05, 0) is 26.2 Å². The highest BCUT2D eigenvalue weighted by Gasteiger charge is 2.45. The summed E-state index contributed by atoms with van der Waals surface area (Å²) in [5, 5.41) is 8.94. The number of hydrogen-bond acceptors (Lipinski definition) is 4. The number of aliphatic carboxylic acids is 1. The summed E-state index contributed by atoms with van der Waals surface area (Å²) in [5.41, 5.74) is 4.50.